The molecule has 0 aliphatic carbocycles. The third kappa shape index (κ3) is 4.08. The van der Waals surface area contributed by atoms with E-state index in [9.17, 15) is 5.11 Å². The van der Waals surface area contributed by atoms with Gasteiger partial charge < -0.3 is 14.6 Å². The van der Waals surface area contributed by atoms with E-state index in [0.29, 0.717) is 31.1 Å². The smallest absolute Gasteiger partial charge is 0.161 e. The minimum Gasteiger partial charge on any atom is -0.490 e. The molecule has 0 aliphatic heterocycles. The molecule has 1 aromatic carbocycles. The Kier molecular flexibility index (Phi) is 5.72. The van der Waals surface area contributed by atoms with Crippen LogP contribution in [0.15, 0.2) is 30.4 Å². The summed E-state index contributed by atoms with van der Waals surface area (Å²) in [6, 6.07) is 5.54. The van der Waals surface area contributed by atoms with Crippen LogP contribution in [0.4, 0.5) is 0 Å². The van der Waals surface area contributed by atoms with Gasteiger partial charge in [0, 0.05) is 0 Å². The van der Waals surface area contributed by atoms with Crippen molar-refractivity contribution in [3.8, 4) is 11.5 Å². The van der Waals surface area contributed by atoms with Crippen molar-refractivity contribution >= 4 is 0 Å². The summed E-state index contributed by atoms with van der Waals surface area (Å²) in [6.07, 6.45) is 0.0110. The fourth-order valence-corrected chi connectivity index (χ4v) is 1.72. The molecule has 1 aromatic rings. The number of benzene rings is 1. The Hall–Kier alpha value is -1.48. The van der Waals surface area contributed by atoms with Gasteiger partial charge in [0.05, 0.1) is 19.3 Å². The van der Waals surface area contributed by atoms with Gasteiger partial charge in [0.25, 0.3) is 0 Å². The predicted molar refractivity (Wildman–Crippen MR) is 73.2 cm³/mol. The third-order valence-corrected chi connectivity index (χ3v) is 2.49. The number of ether oxygens (including phenoxy) is 2. The van der Waals surface area contributed by atoms with E-state index in [2.05, 4.69) is 6.58 Å². The summed E-state index contributed by atoms with van der Waals surface area (Å²) in [5.41, 5.74) is 1.78. The molecule has 18 heavy (non-hydrogen) atoms. The molecular formula is C15H22O3. The Balaban J connectivity index is 2.94. The zero-order valence-electron chi connectivity index (χ0n) is 11.4. The van der Waals surface area contributed by atoms with E-state index >= 15 is 0 Å². The third-order valence-electron chi connectivity index (χ3n) is 2.49. The summed E-state index contributed by atoms with van der Waals surface area (Å²) >= 11 is 0. The van der Waals surface area contributed by atoms with Crippen LogP contribution in [0, 0.1) is 0 Å². The lowest BCUT2D eigenvalue weighted by atomic mass is 10.0. The van der Waals surface area contributed by atoms with E-state index in [1.54, 1.807) is 0 Å². The highest BCUT2D eigenvalue weighted by Crippen LogP contribution is 2.32. The first-order valence-corrected chi connectivity index (χ1v) is 6.30. The van der Waals surface area contributed by atoms with Gasteiger partial charge >= 0.3 is 0 Å². The predicted octanol–water partition coefficient (Wildman–Crippen LogP) is 3.48. The summed E-state index contributed by atoms with van der Waals surface area (Å²) in [4.78, 5) is 0. The van der Waals surface area contributed by atoms with Crippen molar-refractivity contribution in [3.05, 3.63) is 35.9 Å². The first-order valence-electron chi connectivity index (χ1n) is 6.30. The molecule has 0 heterocycles. The number of hydrogen-bond acceptors (Lipinski definition) is 3. The van der Waals surface area contributed by atoms with Gasteiger partial charge in [-0.3, -0.25) is 0 Å². The van der Waals surface area contributed by atoms with E-state index in [1.807, 2.05) is 39.0 Å². The molecule has 100 valence electrons. The van der Waals surface area contributed by atoms with Crippen molar-refractivity contribution < 1.29 is 14.6 Å². The Morgan fingerprint density at radius 1 is 1.22 bits per heavy atom. The zero-order valence-corrected chi connectivity index (χ0v) is 11.4. The van der Waals surface area contributed by atoms with Gasteiger partial charge in [-0.15, -0.1) is 6.58 Å². The maximum Gasteiger partial charge on any atom is 0.161 e. The van der Waals surface area contributed by atoms with Crippen LogP contribution in [0.3, 0.4) is 0 Å². The van der Waals surface area contributed by atoms with Gasteiger partial charge in [-0.25, -0.2) is 0 Å². The Labute approximate surface area is 109 Å². The summed E-state index contributed by atoms with van der Waals surface area (Å²) in [6.45, 7) is 10.7. The molecule has 0 aliphatic rings. The topological polar surface area (TPSA) is 38.7 Å². The van der Waals surface area contributed by atoms with E-state index in [1.165, 1.54) is 0 Å². The average Bonchev–Trinajstić information content (AvgIpc) is 2.31. The molecule has 0 aromatic heterocycles. The maximum absolute atomic E-state index is 10.0. The van der Waals surface area contributed by atoms with Crippen LogP contribution < -0.4 is 9.47 Å². The minimum atomic E-state index is -0.544. The molecule has 0 saturated carbocycles. The molecule has 1 rings (SSSR count). The van der Waals surface area contributed by atoms with Crippen molar-refractivity contribution in [1.82, 2.24) is 0 Å². The second-order valence-corrected chi connectivity index (χ2v) is 4.25. The standard InChI is InChI=1S/C15H22O3/c1-5-17-14-8-7-12(10-15(14)18-6-2)13(16)9-11(3)4/h7-8,10,13,16H,3,5-6,9H2,1-2,4H3. The monoisotopic (exact) mass is 250 g/mol. The lowest BCUT2D eigenvalue weighted by Crippen LogP contribution is -2.02. The molecule has 1 atom stereocenters. The molecule has 0 spiro atoms. The van der Waals surface area contributed by atoms with Crippen molar-refractivity contribution in [3.63, 3.8) is 0 Å². The van der Waals surface area contributed by atoms with Crippen LogP contribution in [0.2, 0.25) is 0 Å². The van der Waals surface area contributed by atoms with Crippen LogP contribution in [-0.4, -0.2) is 18.3 Å². The van der Waals surface area contributed by atoms with Gasteiger partial charge in [-0.2, -0.15) is 0 Å². The second-order valence-electron chi connectivity index (χ2n) is 4.25. The first kappa shape index (κ1) is 14.6. The highest BCUT2D eigenvalue weighted by molar-refractivity contribution is 5.43. The molecule has 0 radical (unpaired) electrons. The van der Waals surface area contributed by atoms with Gasteiger partial charge in [0.1, 0.15) is 0 Å². The molecular weight excluding hydrogens is 228 g/mol. The first-order chi connectivity index (χ1) is 8.58. The number of aliphatic hydroxyl groups excluding tert-OH is 1. The Morgan fingerprint density at radius 2 is 1.83 bits per heavy atom. The number of aliphatic hydroxyl groups is 1. The molecule has 1 unspecified atom stereocenters. The zero-order chi connectivity index (χ0) is 13.5. The maximum atomic E-state index is 10.0. The van der Waals surface area contributed by atoms with Crippen molar-refractivity contribution in [2.75, 3.05) is 13.2 Å². The number of rotatable bonds is 7. The van der Waals surface area contributed by atoms with Gasteiger partial charge in [-0.1, -0.05) is 11.6 Å². The van der Waals surface area contributed by atoms with Gasteiger partial charge in [0.15, 0.2) is 11.5 Å². The van der Waals surface area contributed by atoms with Crippen molar-refractivity contribution in [2.24, 2.45) is 0 Å². The lowest BCUT2D eigenvalue weighted by molar-refractivity contribution is 0.177. The Bertz CT molecular complexity index is 399. The van der Waals surface area contributed by atoms with E-state index in [4.69, 9.17) is 9.47 Å². The van der Waals surface area contributed by atoms with Crippen LogP contribution in [0.5, 0.6) is 11.5 Å². The highest BCUT2D eigenvalue weighted by Gasteiger charge is 2.12. The lowest BCUT2D eigenvalue weighted by Gasteiger charge is -2.15. The molecule has 0 saturated heterocycles. The largest absolute Gasteiger partial charge is 0.490 e. The summed E-state index contributed by atoms with van der Waals surface area (Å²) in [7, 11) is 0. The van der Waals surface area contributed by atoms with Gasteiger partial charge in [-0.05, 0) is 44.9 Å². The molecule has 0 amide bonds. The van der Waals surface area contributed by atoms with Crippen molar-refractivity contribution in [1.29, 1.82) is 0 Å². The average molecular weight is 250 g/mol. The van der Waals surface area contributed by atoms with Crippen LogP contribution in [0.25, 0.3) is 0 Å². The minimum absolute atomic E-state index is 0.544. The Morgan fingerprint density at radius 3 is 2.39 bits per heavy atom. The van der Waals surface area contributed by atoms with Crippen LogP contribution in [-0.2, 0) is 0 Å². The second kappa shape index (κ2) is 7.07. The van der Waals surface area contributed by atoms with Gasteiger partial charge in [0.2, 0.25) is 0 Å². The SMILES string of the molecule is C=C(C)CC(O)c1ccc(OCC)c(OCC)c1. The molecule has 1 N–H and O–H groups in total. The number of hydrogen-bond donors (Lipinski definition) is 1. The molecule has 0 bridgehead atoms. The normalized spacial score (nSPS) is 12.0. The summed E-state index contributed by atoms with van der Waals surface area (Å²) in [5, 5.41) is 10.0. The van der Waals surface area contributed by atoms with Crippen LogP contribution >= 0.6 is 0 Å². The molecule has 0 fully saturated rings. The molecule has 3 nitrogen and oxygen atoms in total. The highest BCUT2D eigenvalue weighted by atomic mass is 16.5. The van der Waals surface area contributed by atoms with Crippen molar-refractivity contribution in [2.45, 2.75) is 33.3 Å². The van der Waals surface area contributed by atoms with E-state index in [0.717, 1.165) is 11.1 Å². The quantitative estimate of drug-likeness (QED) is 0.753. The fraction of sp³-hybridized carbons (Fsp3) is 0.467. The molecule has 3 heteroatoms. The van der Waals surface area contributed by atoms with Crippen LogP contribution in [0.1, 0.15) is 38.9 Å². The fourth-order valence-electron chi connectivity index (χ4n) is 1.72. The summed E-state index contributed by atoms with van der Waals surface area (Å²) < 4.78 is 11.0. The van der Waals surface area contributed by atoms with E-state index in [-0.39, 0.29) is 0 Å². The summed E-state index contributed by atoms with van der Waals surface area (Å²) in [5.74, 6) is 1.39. The van der Waals surface area contributed by atoms with E-state index < -0.39 is 6.10 Å².